The summed E-state index contributed by atoms with van der Waals surface area (Å²) < 4.78 is 0.990. The van der Waals surface area contributed by atoms with Crippen LogP contribution in [0.25, 0.3) is 0 Å². The number of rotatable bonds is 4. The van der Waals surface area contributed by atoms with Crippen LogP contribution in [0.15, 0.2) is 16.6 Å². The van der Waals surface area contributed by atoms with Crippen molar-refractivity contribution >= 4 is 27.5 Å². The van der Waals surface area contributed by atoms with E-state index in [4.69, 9.17) is 0 Å². The molecule has 0 aromatic heterocycles. The van der Waals surface area contributed by atoms with E-state index in [1.165, 1.54) is 5.56 Å². The van der Waals surface area contributed by atoms with Gasteiger partial charge in [-0.15, -0.1) is 0 Å². The summed E-state index contributed by atoms with van der Waals surface area (Å²) in [6.07, 6.45) is 0. The van der Waals surface area contributed by atoms with Gasteiger partial charge in [0.25, 0.3) is 0 Å². The first-order chi connectivity index (χ1) is 8.31. The summed E-state index contributed by atoms with van der Waals surface area (Å²) in [7, 11) is 0. The Kier molecular flexibility index (Phi) is 5.20. The maximum absolute atomic E-state index is 11.9. The van der Waals surface area contributed by atoms with Gasteiger partial charge in [-0.2, -0.15) is 0 Å². The number of amides is 1. The summed E-state index contributed by atoms with van der Waals surface area (Å²) in [6, 6.07) is 4.04. The molecule has 2 N–H and O–H groups in total. The van der Waals surface area contributed by atoms with Crippen LogP contribution in [0.3, 0.4) is 0 Å². The van der Waals surface area contributed by atoms with Crippen LogP contribution in [0.2, 0.25) is 0 Å². The standard InChI is InChI=1S/C14H21BrN2O/c1-8(2)16-14(18)11(5)17-13-10(4)6-9(3)7-12(13)15/h6-8,11,17H,1-5H3,(H,16,18). The minimum absolute atomic E-state index is 0.0110. The normalized spacial score (nSPS) is 12.4. The highest BCUT2D eigenvalue weighted by molar-refractivity contribution is 9.10. The van der Waals surface area contributed by atoms with Crippen LogP contribution in [0, 0.1) is 13.8 Å². The minimum Gasteiger partial charge on any atom is -0.373 e. The van der Waals surface area contributed by atoms with Crippen LogP contribution in [0.4, 0.5) is 5.69 Å². The van der Waals surface area contributed by atoms with Crippen LogP contribution in [-0.4, -0.2) is 18.0 Å². The van der Waals surface area contributed by atoms with E-state index >= 15 is 0 Å². The number of hydrogen-bond donors (Lipinski definition) is 2. The molecule has 0 bridgehead atoms. The van der Waals surface area contributed by atoms with Crippen molar-refractivity contribution in [2.75, 3.05) is 5.32 Å². The Morgan fingerprint density at radius 2 is 1.83 bits per heavy atom. The molecule has 100 valence electrons. The molecule has 3 nitrogen and oxygen atoms in total. The first kappa shape index (κ1) is 15.0. The predicted octanol–water partition coefficient (Wildman–Crippen LogP) is 3.39. The lowest BCUT2D eigenvalue weighted by molar-refractivity contribution is -0.122. The average Bonchev–Trinajstić information content (AvgIpc) is 2.21. The van der Waals surface area contributed by atoms with E-state index in [0.717, 1.165) is 15.7 Å². The number of halogens is 1. The van der Waals surface area contributed by atoms with E-state index in [9.17, 15) is 4.79 Å². The second kappa shape index (κ2) is 6.23. The first-order valence-electron chi connectivity index (χ1n) is 6.15. The number of hydrogen-bond acceptors (Lipinski definition) is 2. The van der Waals surface area contributed by atoms with E-state index in [1.807, 2.05) is 33.8 Å². The largest absolute Gasteiger partial charge is 0.373 e. The Morgan fingerprint density at radius 3 is 2.33 bits per heavy atom. The van der Waals surface area contributed by atoms with Crippen LogP contribution >= 0.6 is 15.9 Å². The SMILES string of the molecule is Cc1cc(C)c(NC(C)C(=O)NC(C)C)c(Br)c1. The topological polar surface area (TPSA) is 41.1 Å². The third kappa shape index (κ3) is 4.02. The van der Waals surface area contributed by atoms with E-state index in [1.54, 1.807) is 0 Å². The molecule has 0 fully saturated rings. The molecule has 4 heteroatoms. The molecular formula is C14H21BrN2O. The van der Waals surface area contributed by atoms with Crippen LogP contribution in [-0.2, 0) is 4.79 Å². The van der Waals surface area contributed by atoms with Crippen LogP contribution in [0.1, 0.15) is 31.9 Å². The lowest BCUT2D eigenvalue weighted by atomic mass is 10.1. The molecule has 0 saturated heterocycles. The van der Waals surface area contributed by atoms with E-state index in [2.05, 4.69) is 39.6 Å². The van der Waals surface area contributed by atoms with Gasteiger partial charge in [0.05, 0.1) is 5.69 Å². The quantitative estimate of drug-likeness (QED) is 0.894. The molecule has 1 aromatic rings. The van der Waals surface area contributed by atoms with Gasteiger partial charge in [-0.1, -0.05) is 6.07 Å². The molecule has 1 aromatic carbocycles. The Bertz CT molecular complexity index is 420. The van der Waals surface area contributed by atoms with Crippen molar-refractivity contribution in [3.63, 3.8) is 0 Å². The van der Waals surface area contributed by atoms with Crippen molar-refractivity contribution in [2.24, 2.45) is 0 Å². The summed E-state index contributed by atoms with van der Waals surface area (Å²) in [4.78, 5) is 11.9. The number of carbonyl (C=O) groups excluding carboxylic acids is 1. The Balaban J connectivity index is 2.82. The minimum atomic E-state index is -0.259. The highest BCUT2D eigenvalue weighted by Gasteiger charge is 2.15. The van der Waals surface area contributed by atoms with Gasteiger partial charge in [0.1, 0.15) is 6.04 Å². The number of anilines is 1. The van der Waals surface area contributed by atoms with E-state index < -0.39 is 0 Å². The third-order valence-electron chi connectivity index (χ3n) is 2.62. The monoisotopic (exact) mass is 312 g/mol. The van der Waals surface area contributed by atoms with Crippen molar-refractivity contribution in [1.29, 1.82) is 0 Å². The smallest absolute Gasteiger partial charge is 0.242 e. The van der Waals surface area contributed by atoms with E-state index in [-0.39, 0.29) is 18.0 Å². The molecule has 1 atom stereocenters. The number of nitrogens with one attached hydrogen (secondary N) is 2. The molecule has 18 heavy (non-hydrogen) atoms. The van der Waals surface area contributed by atoms with Crippen molar-refractivity contribution in [1.82, 2.24) is 5.32 Å². The average molecular weight is 313 g/mol. The zero-order chi connectivity index (χ0) is 13.9. The summed E-state index contributed by atoms with van der Waals surface area (Å²) in [6.45, 7) is 9.86. The molecule has 1 rings (SSSR count). The van der Waals surface area contributed by atoms with Gasteiger partial charge in [-0.3, -0.25) is 4.79 Å². The van der Waals surface area contributed by atoms with Gasteiger partial charge in [0.15, 0.2) is 0 Å². The predicted molar refractivity (Wildman–Crippen MR) is 80.0 cm³/mol. The zero-order valence-corrected chi connectivity index (χ0v) is 13.2. The van der Waals surface area contributed by atoms with Crippen LogP contribution in [0.5, 0.6) is 0 Å². The summed E-state index contributed by atoms with van der Waals surface area (Å²) in [5, 5.41) is 6.15. The fourth-order valence-corrected chi connectivity index (χ4v) is 2.58. The number of aryl methyl sites for hydroxylation is 2. The first-order valence-corrected chi connectivity index (χ1v) is 6.94. The fourth-order valence-electron chi connectivity index (χ4n) is 1.79. The second-order valence-corrected chi connectivity index (χ2v) is 5.82. The number of carbonyl (C=O) groups is 1. The second-order valence-electron chi connectivity index (χ2n) is 4.97. The Labute approximate surface area is 117 Å². The maximum atomic E-state index is 11.9. The molecule has 0 aliphatic heterocycles. The molecule has 1 unspecified atom stereocenters. The van der Waals surface area contributed by atoms with Gasteiger partial charge in [-0.25, -0.2) is 0 Å². The Hall–Kier alpha value is -1.03. The van der Waals surface area contributed by atoms with Crippen molar-refractivity contribution < 1.29 is 4.79 Å². The molecule has 0 heterocycles. The summed E-state index contributed by atoms with van der Waals surface area (Å²) in [5.74, 6) is 0.0110. The highest BCUT2D eigenvalue weighted by Crippen LogP contribution is 2.28. The summed E-state index contributed by atoms with van der Waals surface area (Å²) in [5.41, 5.74) is 3.31. The molecular weight excluding hydrogens is 292 g/mol. The van der Waals surface area contributed by atoms with Gasteiger partial charge < -0.3 is 10.6 Å². The molecule has 0 aliphatic carbocycles. The molecule has 0 spiro atoms. The van der Waals surface area contributed by atoms with Gasteiger partial charge in [0, 0.05) is 10.5 Å². The van der Waals surface area contributed by atoms with Gasteiger partial charge in [-0.05, 0) is 67.7 Å². The molecule has 1 amide bonds. The van der Waals surface area contributed by atoms with E-state index in [0.29, 0.717) is 0 Å². The maximum Gasteiger partial charge on any atom is 0.242 e. The molecule has 0 saturated carbocycles. The lowest BCUT2D eigenvalue weighted by Crippen LogP contribution is -2.41. The third-order valence-corrected chi connectivity index (χ3v) is 3.24. The molecule has 0 radical (unpaired) electrons. The van der Waals surface area contributed by atoms with Crippen molar-refractivity contribution in [3.05, 3.63) is 27.7 Å². The van der Waals surface area contributed by atoms with Gasteiger partial charge in [0.2, 0.25) is 5.91 Å². The molecule has 0 aliphatic rings. The lowest BCUT2D eigenvalue weighted by Gasteiger charge is -2.19. The summed E-state index contributed by atoms with van der Waals surface area (Å²) >= 11 is 3.53. The van der Waals surface area contributed by atoms with Gasteiger partial charge >= 0.3 is 0 Å². The fraction of sp³-hybridized carbons (Fsp3) is 0.500. The van der Waals surface area contributed by atoms with Crippen molar-refractivity contribution in [2.45, 2.75) is 46.7 Å². The van der Waals surface area contributed by atoms with Crippen LogP contribution < -0.4 is 10.6 Å². The zero-order valence-electron chi connectivity index (χ0n) is 11.6. The highest BCUT2D eigenvalue weighted by atomic mass is 79.9. The Morgan fingerprint density at radius 1 is 1.22 bits per heavy atom. The number of benzene rings is 1. The van der Waals surface area contributed by atoms with Crippen molar-refractivity contribution in [3.8, 4) is 0 Å².